The van der Waals surface area contributed by atoms with E-state index in [-0.39, 0.29) is 22.4 Å². The van der Waals surface area contributed by atoms with E-state index in [9.17, 15) is 18.0 Å². The highest BCUT2D eigenvalue weighted by Crippen LogP contribution is 2.36. The second kappa shape index (κ2) is 9.41. The van der Waals surface area contributed by atoms with Crippen molar-refractivity contribution in [2.45, 2.75) is 101 Å². The van der Waals surface area contributed by atoms with Crippen molar-refractivity contribution in [3.05, 3.63) is 22.6 Å². The Kier molecular flexibility index (Phi) is 6.79. The summed E-state index contributed by atoms with van der Waals surface area (Å²) in [4.78, 5) is 26.1. The molecule has 0 spiro atoms. The van der Waals surface area contributed by atoms with E-state index in [4.69, 9.17) is 0 Å². The fraction of sp³-hybridized carbons (Fsp3) is 0.667. The van der Waals surface area contributed by atoms with Gasteiger partial charge in [-0.05, 0) is 51.7 Å². The van der Waals surface area contributed by atoms with Crippen LogP contribution in [-0.2, 0) is 27.7 Å². The number of anilines is 1. The quantitative estimate of drug-likeness (QED) is 0.687. The number of nitrogens with one attached hydrogen (secondary N) is 1. The van der Waals surface area contributed by atoms with Crippen LogP contribution in [0.5, 0.6) is 0 Å². The first-order valence-electron chi connectivity index (χ1n) is 12.2. The summed E-state index contributed by atoms with van der Waals surface area (Å²) in [6.07, 6.45) is 9.03. The molecule has 0 aliphatic heterocycles. The zero-order chi connectivity index (χ0) is 22.9. The van der Waals surface area contributed by atoms with Gasteiger partial charge in [-0.15, -0.1) is 0 Å². The summed E-state index contributed by atoms with van der Waals surface area (Å²) in [5.41, 5.74) is 1.46. The highest BCUT2D eigenvalue weighted by Gasteiger charge is 2.33. The van der Waals surface area contributed by atoms with Crippen LogP contribution in [-0.4, -0.2) is 28.7 Å². The van der Waals surface area contributed by atoms with Crippen molar-refractivity contribution in [3.63, 3.8) is 0 Å². The minimum atomic E-state index is -3.64. The number of hydrogen-bond acceptors (Lipinski definition) is 4. The Labute approximate surface area is 190 Å². The predicted molar refractivity (Wildman–Crippen MR) is 127 cm³/mol. The number of sulfone groups is 1. The zero-order valence-corrected chi connectivity index (χ0v) is 20.0. The van der Waals surface area contributed by atoms with Crippen molar-refractivity contribution < 1.29 is 13.2 Å². The molecule has 32 heavy (non-hydrogen) atoms. The van der Waals surface area contributed by atoms with E-state index in [0.29, 0.717) is 42.7 Å². The predicted octanol–water partition coefficient (Wildman–Crippen LogP) is 4.47. The first-order chi connectivity index (χ1) is 15.4. The summed E-state index contributed by atoms with van der Waals surface area (Å²) in [5.74, 6) is -0.192. The maximum Gasteiger partial charge on any atom is 0.329 e. The van der Waals surface area contributed by atoms with Crippen LogP contribution in [0.4, 0.5) is 5.69 Å². The number of aromatic nitrogens is 2. The van der Waals surface area contributed by atoms with Crippen molar-refractivity contribution in [2.24, 2.45) is 5.92 Å². The highest BCUT2D eigenvalue weighted by atomic mass is 32.2. The number of hydrogen-bond donors (Lipinski definition) is 1. The number of rotatable bonds is 6. The van der Waals surface area contributed by atoms with E-state index < -0.39 is 15.1 Å². The lowest BCUT2D eigenvalue weighted by molar-refractivity contribution is -0.120. The molecular weight excluding hydrogens is 426 g/mol. The zero-order valence-electron chi connectivity index (χ0n) is 19.2. The lowest BCUT2D eigenvalue weighted by Crippen LogP contribution is -2.28. The van der Waals surface area contributed by atoms with Crippen LogP contribution < -0.4 is 11.0 Å². The summed E-state index contributed by atoms with van der Waals surface area (Å²) in [5, 5.41) is 2.54. The number of carbonyl (C=O) groups is 1. The summed E-state index contributed by atoms with van der Waals surface area (Å²) in [7, 11) is -3.64. The molecule has 1 N–H and O–H groups in total. The SMILES string of the molecule is CCn1c(=O)n(CC)c2cc(S(=O)(=O)C3CCCCC3)c(NC(=O)C3CCCCC3)cc21. The molecular formula is C24H35N3O4S. The van der Waals surface area contributed by atoms with Gasteiger partial charge in [-0.2, -0.15) is 0 Å². The fourth-order valence-electron chi connectivity index (χ4n) is 5.44. The molecule has 2 fully saturated rings. The maximum absolute atomic E-state index is 13.7. The molecule has 2 aliphatic rings. The average Bonchev–Trinajstić information content (AvgIpc) is 3.08. The number of amides is 1. The van der Waals surface area contributed by atoms with E-state index in [1.807, 2.05) is 13.8 Å². The van der Waals surface area contributed by atoms with Crippen LogP contribution in [0.15, 0.2) is 21.8 Å². The number of fused-ring (bicyclic) bond motifs is 1. The molecule has 7 nitrogen and oxygen atoms in total. The van der Waals surface area contributed by atoms with E-state index >= 15 is 0 Å². The molecule has 0 atom stereocenters. The van der Waals surface area contributed by atoms with E-state index in [2.05, 4.69) is 5.32 Å². The molecule has 1 aromatic heterocycles. The molecule has 4 rings (SSSR count). The normalized spacial score (nSPS) is 18.8. The van der Waals surface area contributed by atoms with Crippen molar-refractivity contribution in [1.82, 2.24) is 9.13 Å². The van der Waals surface area contributed by atoms with Gasteiger partial charge in [0, 0.05) is 19.0 Å². The van der Waals surface area contributed by atoms with Gasteiger partial charge in [0.2, 0.25) is 5.91 Å². The second-order valence-electron chi connectivity index (χ2n) is 9.24. The molecule has 2 aromatic rings. The third-order valence-corrected chi connectivity index (χ3v) is 9.58. The first kappa shape index (κ1) is 23.1. The number of aryl methyl sites for hydroxylation is 2. The molecule has 8 heteroatoms. The van der Waals surface area contributed by atoms with Crippen LogP contribution in [0.25, 0.3) is 11.0 Å². The van der Waals surface area contributed by atoms with Crippen molar-refractivity contribution in [1.29, 1.82) is 0 Å². The van der Waals surface area contributed by atoms with Gasteiger partial charge in [0.05, 0.1) is 26.9 Å². The number of carbonyl (C=O) groups excluding carboxylic acids is 1. The number of nitrogens with zero attached hydrogens (tertiary/aromatic N) is 2. The van der Waals surface area contributed by atoms with Crippen molar-refractivity contribution in [2.75, 3.05) is 5.32 Å². The summed E-state index contributed by atoms with van der Waals surface area (Å²) >= 11 is 0. The average molecular weight is 462 g/mol. The smallest absolute Gasteiger partial charge is 0.325 e. The van der Waals surface area contributed by atoms with Gasteiger partial charge in [0.1, 0.15) is 0 Å². The molecule has 2 aliphatic carbocycles. The van der Waals surface area contributed by atoms with Crippen LogP contribution in [0, 0.1) is 5.92 Å². The number of imidazole rings is 1. The lowest BCUT2D eigenvalue weighted by atomic mass is 9.88. The largest absolute Gasteiger partial charge is 0.329 e. The van der Waals surface area contributed by atoms with Crippen LogP contribution in [0.3, 0.4) is 0 Å². The third-order valence-electron chi connectivity index (χ3n) is 7.28. The van der Waals surface area contributed by atoms with Crippen LogP contribution in [0.1, 0.15) is 78.1 Å². The standard InChI is InChI=1S/C24H35N3O4S/c1-3-26-20-15-19(25-23(28)17-11-7-5-8-12-17)22(16-21(20)27(4-2)24(26)29)32(30,31)18-13-9-6-10-14-18/h15-18H,3-14H2,1-2H3,(H,25,28). The summed E-state index contributed by atoms with van der Waals surface area (Å²) in [6.45, 7) is 4.72. The van der Waals surface area contributed by atoms with Gasteiger partial charge in [-0.25, -0.2) is 13.2 Å². The number of benzene rings is 1. The Balaban J connectivity index is 1.85. The van der Waals surface area contributed by atoms with E-state index in [1.54, 1.807) is 21.3 Å². The summed E-state index contributed by atoms with van der Waals surface area (Å²) < 4.78 is 30.7. The second-order valence-corrected chi connectivity index (χ2v) is 11.4. The molecule has 0 unspecified atom stereocenters. The van der Waals surface area contributed by atoms with Crippen molar-refractivity contribution >= 4 is 32.5 Å². The topological polar surface area (TPSA) is 90.2 Å². The Bertz CT molecular complexity index is 1150. The van der Waals surface area contributed by atoms with Gasteiger partial charge >= 0.3 is 5.69 Å². The molecule has 2 saturated carbocycles. The van der Waals surface area contributed by atoms with Gasteiger partial charge < -0.3 is 5.32 Å². The first-order valence-corrected chi connectivity index (χ1v) is 13.7. The molecule has 0 bridgehead atoms. The molecule has 1 amide bonds. The van der Waals surface area contributed by atoms with E-state index in [1.165, 1.54) is 0 Å². The maximum atomic E-state index is 13.7. The Hall–Kier alpha value is -2.09. The highest BCUT2D eigenvalue weighted by molar-refractivity contribution is 7.92. The minimum absolute atomic E-state index is 0.0849. The van der Waals surface area contributed by atoms with Crippen molar-refractivity contribution in [3.8, 4) is 0 Å². The van der Waals surface area contributed by atoms with Gasteiger partial charge in [-0.3, -0.25) is 13.9 Å². The van der Waals surface area contributed by atoms with Gasteiger partial charge in [0.15, 0.2) is 9.84 Å². The van der Waals surface area contributed by atoms with Gasteiger partial charge in [-0.1, -0.05) is 38.5 Å². The monoisotopic (exact) mass is 461 g/mol. The molecule has 1 aromatic carbocycles. The molecule has 0 saturated heterocycles. The van der Waals surface area contributed by atoms with Crippen LogP contribution in [0.2, 0.25) is 0 Å². The Morgan fingerprint density at radius 3 is 2.00 bits per heavy atom. The van der Waals surface area contributed by atoms with Crippen LogP contribution >= 0.6 is 0 Å². The molecule has 0 radical (unpaired) electrons. The van der Waals surface area contributed by atoms with E-state index in [0.717, 1.165) is 51.4 Å². The Morgan fingerprint density at radius 1 is 0.906 bits per heavy atom. The molecule has 1 heterocycles. The minimum Gasteiger partial charge on any atom is -0.325 e. The summed E-state index contributed by atoms with van der Waals surface area (Å²) in [6, 6.07) is 3.34. The fourth-order valence-corrected chi connectivity index (χ4v) is 7.45. The molecule has 176 valence electrons. The van der Waals surface area contributed by atoms with Gasteiger partial charge in [0.25, 0.3) is 0 Å². The third kappa shape index (κ3) is 4.14. The lowest BCUT2D eigenvalue weighted by Gasteiger charge is -2.25. The Morgan fingerprint density at radius 2 is 1.44 bits per heavy atom.